The van der Waals surface area contributed by atoms with Crippen LogP contribution in [0.25, 0.3) is 0 Å². The molecule has 6 atom stereocenters. The Labute approximate surface area is 147 Å². The Balaban J connectivity index is 1.59. The zero-order chi connectivity index (χ0) is 16.9. The molecule has 4 saturated carbocycles. The van der Waals surface area contributed by atoms with Gasteiger partial charge in [-0.25, -0.2) is 5.43 Å². The molecular formula is C21H34N2O. The molecule has 4 aliphatic rings. The molecule has 0 aromatic heterocycles. The molecule has 1 N–H and O–H groups in total. The van der Waals surface area contributed by atoms with Crippen molar-refractivity contribution in [3.05, 3.63) is 0 Å². The number of fused-ring (bicyclic) bond motifs is 5. The van der Waals surface area contributed by atoms with Gasteiger partial charge in [-0.15, -0.1) is 0 Å². The highest BCUT2D eigenvalue weighted by Gasteiger charge is 2.58. The Morgan fingerprint density at radius 3 is 2.67 bits per heavy atom. The monoisotopic (exact) mass is 330 g/mol. The Kier molecular flexibility index (Phi) is 4.04. The summed E-state index contributed by atoms with van der Waals surface area (Å²) in [5.41, 5.74) is 4.84. The van der Waals surface area contributed by atoms with Gasteiger partial charge in [-0.3, -0.25) is 4.79 Å². The predicted molar refractivity (Wildman–Crippen MR) is 97.6 cm³/mol. The van der Waals surface area contributed by atoms with Crippen molar-refractivity contribution in [2.75, 3.05) is 0 Å². The minimum Gasteiger partial charge on any atom is -0.274 e. The number of nitrogens with one attached hydrogen (secondary N) is 1. The van der Waals surface area contributed by atoms with Gasteiger partial charge in [0.1, 0.15) is 0 Å². The standard InChI is InChI=1S/C21H34N2O/c1-14(24)22-23-19-10-9-17-16-8-7-15-6-4-5-12-20(15,2)18(16)11-13-21(17,19)3/h15-18H,4-13H2,1-3H3,(H,22,24)/b23-19-/t15-,16-,17-,18-,20-,21-/m0/s1. The first-order valence-corrected chi connectivity index (χ1v) is 10.3. The van der Waals surface area contributed by atoms with Crippen LogP contribution in [0.15, 0.2) is 5.10 Å². The first kappa shape index (κ1) is 16.6. The Hall–Kier alpha value is -0.860. The van der Waals surface area contributed by atoms with Crippen molar-refractivity contribution in [3.63, 3.8) is 0 Å². The molecule has 0 unspecified atom stereocenters. The first-order valence-electron chi connectivity index (χ1n) is 10.3. The molecule has 0 saturated heterocycles. The van der Waals surface area contributed by atoms with E-state index in [1.807, 2.05) is 0 Å². The summed E-state index contributed by atoms with van der Waals surface area (Å²) in [6.45, 7) is 6.63. The van der Waals surface area contributed by atoms with E-state index in [1.165, 1.54) is 63.5 Å². The second kappa shape index (κ2) is 5.85. The highest BCUT2D eigenvalue weighted by atomic mass is 16.2. The van der Waals surface area contributed by atoms with E-state index in [9.17, 15) is 4.79 Å². The van der Waals surface area contributed by atoms with Crippen molar-refractivity contribution in [2.24, 2.45) is 39.6 Å². The van der Waals surface area contributed by atoms with Crippen molar-refractivity contribution in [1.29, 1.82) is 0 Å². The molecule has 0 radical (unpaired) electrons. The summed E-state index contributed by atoms with van der Waals surface area (Å²) in [6, 6.07) is 0. The predicted octanol–water partition coefficient (Wildman–Crippen LogP) is 4.91. The van der Waals surface area contributed by atoms with Crippen LogP contribution in [0.1, 0.15) is 85.0 Å². The fourth-order valence-electron chi connectivity index (χ4n) is 7.41. The molecule has 3 heteroatoms. The number of hydrogen-bond donors (Lipinski definition) is 1. The van der Waals surface area contributed by atoms with Gasteiger partial charge in [0.05, 0.1) is 0 Å². The average Bonchev–Trinajstić information content (AvgIpc) is 2.89. The third-order valence-corrected chi connectivity index (χ3v) is 8.67. The maximum Gasteiger partial charge on any atom is 0.236 e. The molecule has 0 aromatic rings. The van der Waals surface area contributed by atoms with Crippen LogP contribution in [-0.2, 0) is 4.79 Å². The number of hydrazone groups is 1. The van der Waals surface area contributed by atoms with E-state index in [0.29, 0.717) is 5.41 Å². The summed E-state index contributed by atoms with van der Waals surface area (Å²) in [6.07, 6.45) is 13.8. The Morgan fingerprint density at radius 2 is 1.88 bits per heavy atom. The van der Waals surface area contributed by atoms with E-state index in [2.05, 4.69) is 24.4 Å². The van der Waals surface area contributed by atoms with Crippen LogP contribution in [0.5, 0.6) is 0 Å². The number of carbonyl (C=O) groups is 1. The van der Waals surface area contributed by atoms with Gasteiger partial charge >= 0.3 is 0 Å². The van der Waals surface area contributed by atoms with E-state index in [1.54, 1.807) is 6.92 Å². The number of carbonyl (C=O) groups excluding carboxylic acids is 1. The molecule has 3 nitrogen and oxygen atoms in total. The SMILES string of the molecule is CC(=O)N/N=C1/CC[C@H]2[C@@H]3CC[C@@H]4CCCC[C@]4(C)[C@H]3CC[C@]12C. The molecule has 4 rings (SSSR count). The number of nitrogens with zero attached hydrogens (tertiary/aromatic N) is 1. The van der Waals surface area contributed by atoms with E-state index in [4.69, 9.17) is 0 Å². The van der Waals surface area contributed by atoms with Gasteiger partial charge in [0.15, 0.2) is 0 Å². The molecule has 134 valence electrons. The summed E-state index contributed by atoms with van der Waals surface area (Å²) in [4.78, 5) is 11.3. The van der Waals surface area contributed by atoms with Crippen LogP contribution in [0.3, 0.4) is 0 Å². The Bertz CT molecular complexity index is 556. The van der Waals surface area contributed by atoms with Gasteiger partial charge in [0, 0.05) is 18.1 Å². The lowest BCUT2D eigenvalue weighted by Gasteiger charge is -2.59. The van der Waals surface area contributed by atoms with E-state index in [-0.39, 0.29) is 11.3 Å². The van der Waals surface area contributed by atoms with Gasteiger partial charge in [0.25, 0.3) is 0 Å². The first-order chi connectivity index (χ1) is 11.4. The van der Waals surface area contributed by atoms with Crippen molar-refractivity contribution in [2.45, 2.75) is 85.0 Å². The number of amides is 1. The lowest BCUT2D eigenvalue weighted by Crippen LogP contribution is -2.52. The molecule has 4 aliphatic carbocycles. The lowest BCUT2D eigenvalue weighted by atomic mass is 9.45. The maximum atomic E-state index is 11.3. The van der Waals surface area contributed by atoms with Crippen LogP contribution >= 0.6 is 0 Å². The lowest BCUT2D eigenvalue weighted by molar-refractivity contribution is -0.118. The summed E-state index contributed by atoms with van der Waals surface area (Å²) in [5.74, 6) is 3.58. The highest BCUT2D eigenvalue weighted by molar-refractivity contribution is 5.93. The van der Waals surface area contributed by atoms with Crippen molar-refractivity contribution in [1.82, 2.24) is 5.43 Å². The second-order valence-electron chi connectivity index (χ2n) is 9.62. The fourth-order valence-corrected chi connectivity index (χ4v) is 7.41. The molecule has 4 fully saturated rings. The third kappa shape index (κ3) is 2.37. The molecule has 1 amide bonds. The van der Waals surface area contributed by atoms with Crippen molar-refractivity contribution < 1.29 is 4.79 Å². The summed E-state index contributed by atoms with van der Waals surface area (Å²) in [5, 5.41) is 4.53. The van der Waals surface area contributed by atoms with Crippen LogP contribution in [0.4, 0.5) is 0 Å². The molecule has 0 aromatic carbocycles. The second-order valence-corrected chi connectivity index (χ2v) is 9.62. The van der Waals surface area contributed by atoms with Crippen LogP contribution < -0.4 is 5.43 Å². The van der Waals surface area contributed by atoms with Gasteiger partial charge in [-0.1, -0.05) is 26.7 Å². The molecule has 24 heavy (non-hydrogen) atoms. The summed E-state index contributed by atoms with van der Waals surface area (Å²) < 4.78 is 0. The van der Waals surface area contributed by atoms with E-state index >= 15 is 0 Å². The van der Waals surface area contributed by atoms with Gasteiger partial charge in [-0.2, -0.15) is 5.10 Å². The molecule has 0 spiro atoms. The van der Waals surface area contributed by atoms with Crippen molar-refractivity contribution >= 4 is 11.6 Å². The third-order valence-electron chi connectivity index (χ3n) is 8.67. The number of rotatable bonds is 1. The zero-order valence-corrected chi connectivity index (χ0v) is 15.7. The minimum absolute atomic E-state index is 0.0431. The average molecular weight is 331 g/mol. The quantitative estimate of drug-likeness (QED) is 0.682. The van der Waals surface area contributed by atoms with Crippen LogP contribution in [-0.4, -0.2) is 11.6 Å². The molecule has 0 bridgehead atoms. The Morgan fingerprint density at radius 1 is 1.04 bits per heavy atom. The topological polar surface area (TPSA) is 41.5 Å². The molecular weight excluding hydrogens is 296 g/mol. The zero-order valence-electron chi connectivity index (χ0n) is 15.7. The van der Waals surface area contributed by atoms with E-state index in [0.717, 1.165) is 30.1 Å². The minimum atomic E-state index is -0.0431. The van der Waals surface area contributed by atoms with Gasteiger partial charge in [-0.05, 0) is 80.5 Å². The molecule has 0 aliphatic heterocycles. The molecule has 0 heterocycles. The summed E-state index contributed by atoms with van der Waals surface area (Å²) >= 11 is 0. The van der Waals surface area contributed by atoms with Gasteiger partial charge in [0.2, 0.25) is 5.91 Å². The highest BCUT2D eigenvalue weighted by Crippen LogP contribution is 2.65. The fraction of sp³-hybridized carbons (Fsp3) is 0.905. The van der Waals surface area contributed by atoms with Crippen LogP contribution in [0, 0.1) is 34.5 Å². The van der Waals surface area contributed by atoms with Crippen molar-refractivity contribution in [3.8, 4) is 0 Å². The maximum absolute atomic E-state index is 11.3. The van der Waals surface area contributed by atoms with Crippen LogP contribution in [0.2, 0.25) is 0 Å². The van der Waals surface area contributed by atoms with Gasteiger partial charge < -0.3 is 0 Å². The smallest absolute Gasteiger partial charge is 0.236 e. The summed E-state index contributed by atoms with van der Waals surface area (Å²) in [7, 11) is 0. The normalized spacial score (nSPS) is 49.2. The van der Waals surface area contributed by atoms with E-state index < -0.39 is 0 Å². The number of hydrogen-bond acceptors (Lipinski definition) is 2. The largest absolute Gasteiger partial charge is 0.274 e.